The Bertz CT molecular complexity index is 397. The monoisotopic (exact) mass is 250 g/mol. The Morgan fingerprint density at radius 2 is 2.33 bits per heavy atom. The fourth-order valence-corrected chi connectivity index (χ4v) is 2.31. The number of anilines is 1. The van der Waals surface area contributed by atoms with Gasteiger partial charge in [-0.15, -0.1) is 0 Å². The molecule has 5 heteroatoms. The van der Waals surface area contributed by atoms with E-state index in [-0.39, 0.29) is 0 Å². The third-order valence-corrected chi connectivity index (χ3v) is 3.30. The van der Waals surface area contributed by atoms with Crippen molar-refractivity contribution in [3.8, 4) is 5.88 Å². The van der Waals surface area contributed by atoms with Gasteiger partial charge in [-0.2, -0.15) is 4.98 Å². The number of hydrogen-bond acceptors (Lipinski definition) is 5. The van der Waals surface area contributed by atoms with Gasteiger partial charge in [0.25, 0.3) is 0 Å². The highest BCUT2D eigenvalue weighted by atomic mass is 16.5. The number of ether oxygens (including phenoxy) is 1. The molecule has 0 aromatic carbocycles. The third-order valence-electron chi connectivity index (χ3n) is 3.30. The third kappa shape index (κ3) is 3.32. The van der Waals surface area contributed by atoms with Gasteiger partial charge in [0.15, 0.2) is 0 Å². The van der Waals surface area contributed by atoms with E-state index in [1.54, 1.807) is 0 Å². The van der Waals surface area contributed by atoms with Crippen molar-refractivity contribution < 1.29 is 4.74 Å². The summed E-state index contributed by atoms with van der Waals surface area (Å²) in [5.41, 5.74) is 0. The van der Waals surface area contributed by atoms with Crippen molar-refractivity contribution >= 4 is 5.82 Å². The maximum Gasteiger partial charge on any atom is 0.218 e. The zero-order valence-electron chi connectivity index (χ0n) is 11.4. The van der Waals surface area contributed by atoms with E-state index < -0.39 is 0 Å². The molecule has 0 aliphatic carbocycles. The molecule has 2 rings (SSSR count). The van der Waals surface area contributed by atoms with Gasteiger partial charge in [0, 0.05) is 18.7 Å². The normalized spacial score (nSPS) is 20.1. The molecule has 1 atom stereocenters. The van der Waals surface area contributed by atoms with Crippen LogP contribution in [-0.4, -0.2) is 47.7 Å². The lowest BCUT2D eigenvalue weighted by atomic mass is 10.2. The van der Waals surface area contributed by atoms with E-state index in [9.17, 15) is 0 Å². The van der Waals surface area contributed by atoms with Crippen molar-refractivity contribution in [1.29, 1.82) is 0 Å². The van der Waals surface area contributed by atoms with Gasteiger partial charge in [-0.3, -0.25) is 0 Å². The zero-order valence-corrected chi connectivity index (χ0v) is 11.4. The van der Waals surface area contributed by atoms with E-state index in [2.05, 4.69) is 27.2 Å². The molecule has 0 bridgehead atoms. The Morgan fingerprint density at radius 1 is 1.50 bits per heavy atom. The lowest BCUT2D eigenvalue weighted by Gasteiger charge is -2.20. The summed E-state index contributed by atoms with van der Waals surface area (Å²) >= 11 is 0. The Morgan fingerprint density at radius 3 is 3.00 bits per heavy atom. The number of nitrogens with one attached hydrogen (secondary N) is 1. The molecule has 18 heavy (non-hydrogen) atoms. The highest BCUT2D eigenvalue weighted by molar-refractivity contribution is 5.38. The number of nitrogens with zero attached hydrogens (tertiary/aromatic N) is 3. The molecule has 1 N–H and O–H groups in total. The summed E-state index contributed by atoms with van der Waals surface area (Å²) in [6.07, 6.45) is 2.54. The van der Waals surface area contributed by atoms with Gasteiger partial charge in [0.1, 0.15) is 11.6 Å². The van der Waals surface area contributed by atoms with Crippen LogP contribution in [0.15, 0.2) is 6.07 Å². The van der Waals surface area contributed by atoms with Crippen molar-refractivity contribution in [2.24, 2.45) is 0 Å². The first-order valence-corrected chi connectivity index (χ1v) is 6.61. The minimum absolute atomic E-state index is 0.607. The van der Waals surface area contributed by atoms with Crippen molar-refractivity contribution in [2.45, 2.75) is 32.7 Å². The second-order valence-electron chi connectivity index (χ2n) is 4.73. The predicted molar refractivity (Wildman–Crippen MR) is 72.1 cm³/mol. The standard InChI is InChI=1S/C13H22N4O/c1-4-18-13-8-12(15-10(2)16-13)14-9-11-6-5-7-17(11)3/h8,11H,4-7,9H2,1-3H3,(H,14,15,16). The maximum atomic E-state index is 5.42. The molecule has 0 saturated carbocycles. The summed E-state index contributed by atoms with van der Waals surface area (Å²) in [6.45, 7) is 6.59. The van der Waals surface area contributed by atoms with Gasteiger partial charge in [-0.1, -0.05) is 0 Å². The van der Waals surface area contributed by atoms with Gasteiger partial charge in [0.2, 0.25) is 5.88 Å². The highest BCUT2D eigenvalue weighted by Gasteiger charge is 2.20. The van der Waals surface area contributed by atoms with Gasteiger partial charge in [0.05, 0.1) is 6.61 Å². The first-order valence-electron chi connectivity index (χ1n) is 6.61. The molecular formula is C13H22N4O. The predicted octanol–water partition coefficient (Wildman–Crippen LogP) is 1.69. The Hall–Kier alpha value is -1.36. The van der Waals surface area contributed by atoms with Crippen molar-refractivity contribution in [3.63, 3.8) is 0 Å². The first-order chi connectivity index (χ1) is 8.69. The topological polar surface area (TPSA) is 50.3 Å². The largest absolute Gasteiger partial charge is 0.478 e. The summed E-state index contributed by atoms with van der Waals surface area (Å²) in [5, 5.41) is 3.38. The average Bonchev–Trinajstić information content (AvgIpc) is 2.72. The molecule has 1 saturated heterocycles. The summed E-state index contributed by atoms with van der Waals surface area (Å²) in [5.74, 6) is 2.24. The van der Waals surface area contributed by atoms with Gasteiger partial charge in [-0.05, 0) is 40.3 Å². The number of aromatic nitrogens is 2. The lowest BCUT2D eigenvalue weighted by molar-refractivity contribution is 0.321. The second-order valence-corrected chi connectivity index (χ2v) is 4.73. The average molecular weight is 250 g/mol. The second kappa shape index (κ2) is 6.00. The van der Waals surface area contributed by atoms with Gasteiger partial charge >= 0.3 is 0 Å². The van der Waals surface area contributed by atoms with Crippen LogP contribution in [0, 0.1) is 6.92 Å². The zero-order chi connectivity index (χ0) is 13.0. The molecule has 5 nitrogen and oxygen atoms in total. The van der Waals surface area contributed by atoms with Crippen LogP contribution in [0.25, 0.3) is 0 Å². The van der Waals surface area contributed by atoms with Crippen LogP contribution in [0.2, 0.25) is 0 Å². The molecule has 2 heterocycles. The van der Waals surface area contributed by atoms with Crippen LogP contribution in [-0.2, 0) is 0 Å². The van der Waals surface area contributed by atoms with Crippen molar-refractivity contribution in [1.82, 2.24) is 14.9 Å². The Labute approximate surface area is 109 Å². The van der Waals surface area contributed by atoms with Crippen molar-refractivity contribution in [3.05, 3.63) is 11.9 Å². The smallest absolute Gasteiger partial charge is 0.218 e. The summed E-state index contributed by atoms with van der Waals surface area (Å²) in [4.78, 5) is 11.0. The van der Waals surface area contributed by atoms with Crippen LogP contribution >= 0.6 is 0 Å². The fourth-order valence-electron chi connectivity index (χ4n) is 2.31. The molecule has 1 fully saturated rings. The molecule has 1 aliphatic rings. The molecule has 1 unspecified atom stereocenters. The van der Waals surface area contributed by atoms with E-state index in [1.165, 1.54) is 19.4 Å². The van der Waals surface area contributed by atoms with Crippen LogP contribution in [0.1, 0.15) is 25.6 Å². The number of rotatable bonds is 5. The highest BCUT2D eigenvalue weighted by Crippen LogP contribution is 2.17. The van der Waals surface area contributed by atoms with E-state index >= 15 is 0 Å². The van der Waals surface area contributed by atoms with E-state index in [4.69, 9.17) is 4.74 Å². The van der Waals surface area contributed by atoms with Crippen LogP contribution < -0.4 is 10.1 Å². The molecule has 0 amide bonds. The minimum atomic E-state index is 0.607. The fraction of sp³-hybridized carbons (Fsp3) is 0.692. The summed E-state index contributed by atoms with van der Waals surface area (Å²) < 4.78 is 5.42. The number of aryl methyl sites for hydroxylation is 1. The molecule has 0 radical (unpaired) electrons. The van der Waals surface area contributed by atoms with E-state index in [1.807, 2.05) is 19.9 Å². The lowest BCUT2D eigenvalue weighted by Crippen LogP contribution is -2.31. The number of hydrogen-bond donors (Lipinski definition) is 1. The Balaban J connectivity index is 1.95. The van der Waals surface area contributed by atoms with E-state index in [0.717, 1.165) is 18.2 Å². The molecule has 1 aliphatic heterocycles. The number of likely N-dealkylation sites (tertiary alicyclic amines) is 1. The summed E-state index contributed by atoms with van der Waals surface area (Å²) in [6, 6.07) is 2.47. The van der Waals surface area contributed by atoms with E-state index in [0.29, 0.717) is 18.5 Å². The minimum Gasteiger partial charge on any atom is -0.478 e. The molecule has 0 spiro atoms. The van der Waals surface area contributed by atoms with Crippen LogP contribution in [0.4, 0.5) is 5.82 Å². The maximum absolute atomic E-state index is 5.42. The quantitative estimate of drug-likeness (QED) is 0.862. The molecule has 1 aromatic heterocycles. The Kier molecular flexibility index (Phi) is 4.36. The van der Waals surface area contributed by atoms with Crippen LogP contribution in [0.5, 0.6) is 5.88 Å². The SMILES string of the molecule is CCOc1cc(NCC2CCCN2C)nc(C)n1. The molecular weight excluding hydrogens is 228 g/mol. The molecule has 100 valence electrons. The first kappa shape index (κ1) is 13.1. The van der Waals surface area contributed by atoms with Crippen molar-refractivity contribution in [2.75, 3.05) is 32.1 Å². The van der Waals surface area contributed by atoms with Crippen LogP contribution in [0.3, 0.4) is 0 Å². The van der Waals surface area contributed by atoms with Gasteiger partial charge < -0.3 is 15.0 Å². The van der Waals surface area contributed by atoms with Gasteiger partial charge in [-0.25, -0.2) is 4.98 Å². The number of likely N-dealkylation sites (N-methyl/N-ethyl adjacent to an activating group) is 1. The molecule has 1 aromatic rings. The summed E-state index contributed by atoms with van der Waals surface area (Å²) in [7, 11) is 2.18.